The maximum Gasteiger partial charge on any atom is 0.243 e. The van der Waals surface area contributed by atoms with Crippen molar-refractivity contribution in [1.82, 2.24) is 10.6 Å². The maximum atomic E-state index is 11.7. The van der Waals surface area contributed by atoms with Crippen LogP contribution in [-0.2, 0) is 14.6 Å². The summed E-state index contributed by atoms with van der Waals surface area (Å²) in [5.41, 5.74) is 1.79. The molecular weight excluding hydrogens is 372 g/mol. The van der Waals surface area contributed by atoms with Gasteiger partial charge in [-0.2, -0.15) is 0 Å². The van der Waals surface area contributed by atoms with Crippen LogP contribution in [0.2, 0.25) is 0 Å². The van der Waals surface area contributed by atoms with E-state index in [4.69, 9.17) is 4.74 Å². The summed E-state index contributed by atoms with van der Waals surface area (Å²) in [6, 6.07) is 6.86. The second-order valence-corrected chi connectivity index (χ2v) is 9.67. The summed E-state index contributed by atoms with van der Waals surface area (Å²) in [4.78, 5) is 4.82. The molecule has 142 valence electrons. The van der Waals surface area contributed by atoms with Gasteiger partial charge in [-0.25, -0.2) is 18.0 Å². The zero-order valence-electron chi connectivity index (χ0n) is 15.2. The van der Waals surface area contributed by atoms with Gasteiger partial charge in [-0.15, -0.1) is 11.8 Å². The van der Waals surface area contributed by atoms with Crippen LogP contribution in [-0.4, -0.2) is 81.9 Å². The van der Waals surface area contributed by atoms with Crippen LogP contribution >= 0.6 is 11.8 Å². The fourth-order valence-corrected chi connectivity index (χ4v) is 4.67. The van der Waals surface area contributed by atoms with E-state index in [1.165, 1.54) is 6.26 Å². The molecule has 2 aliphatic heterocycles. The molecule has 2 N–H and O–H groups in total. The second-order valence-electron chi connectivity index (χ2n) is 6.35. The number of thioether (sulfide) groups is 1. The van der Waals surface area contributed by atoms with Crippen molar-refractivity contribution >= 4 is 33.5 Å². The fourth-order valence-electron chi connectivity index (χ4n) is 3.07. The zero-order chi connectivity index (χ0) is 18.7. The number of hydrogen-bond donors (Lipinski definition) is 2. The first-order valence-corrected chi connectivity index (χ1v) is 11.4. The Morgan fingerprint density at radius 1 is 1.38 bits per heavy atom. The van der Waals surface area contributed by atoms with Gasteiger partial charge in [0.1, 0.15) is 7.05 Å². The van der Waals surface area contributed by atoms with Gasteiger partial charge in [0.2, 0.25) is 18.1 Å². The zero-order valence-corrected chi connectivity index (χ0v) is 16.8. The highest BCUT2D eigenvalue weighted by Gasteiger charge is 2.33. The van der Waals surface area contributed by atoms with Crippen LogP contribution in [0.3, 0.4) is 0 Å². The van der Waals surface area contributed by atoms with Crippen molar-refractivity contribution in [3.8, 4) is 0 Å². The quantitative estimate of drug-likeness (QED) is 0.666. The van der Waals surface area contributed by atoms with Crippen LogP contribution in [0.15, 0.2) is 34.2 Å². The number of aliphatic imine (C=N–C) groups is 1. The topological polar surface area (TPSA) is 82.8 Å². The second kappa shape index (κ2) is 8.18. The summed E-state index contributed by atoms with van der Waals surface area (Å²) in [6.45, 7) is 1.88. The van der Waals surface area contributed by atoms with Gasteiger partial charge < -0.3 is 10.1 Å². The molecule has 3 unspecified atom stereocenters. The predicted octanol–water partition coefficient (Wildman–Crippen LogP) is 0.157. The van der Waals surface area contributed by atoms with Crippen molar-refractivity contribution in [2.75, 3.05) is 39.3 Å². The Hall–Kier alpha value is -1.26. The van der Waals surface area contributed by atoms with Crippen molar-refractivity contribution in [2.24, 2.45) is 4.99 Å². The summed E-state index contributed by atoms with van der Waals surface area (Å²) in [6.07, 6.45) is 2.61. The summed E-state index contributed by atoms with van der Waals surface area (Å²) in [7, 11) is 0.391. The number of ether oxygens (including phenoxy) is 1. The molecule has 1 aromatic rings. The standard InChI is InChI=1S/C17H25N4O3S2/c1-21-14(19-11-15-18-8-9-25-15)10-20-17(24-2)16(21)12-4-6-13(7-5-12)26(3,22)23/h4-7,10,14-15,17-19H,8-9,11H2,1-3H3/q+1. The molecule has 0 saturated carbocycles. The highest BCUT2D eigenvalue weighted by molar-refractivity contribution is 8.00. The number of rotatable bonds is 6. The molecule has 0 radical (unpaired) electrons. The van der Waals surface area contributed by atoms with Gasteiger partial charge in [0.05, 0.1) is 16.5 Å². The normalized spacial score (nSPS) is 26.5. The third-order valence-corrected chi connectivity index (χ3v) is 6.80. The van der Waals surface area contributed by atoms with Crippen LogP contribution in [0.25, 0.3) is 0 Å². The third-order valence-electron chi connectivity index (χ3n) is 4.50. The first-order valence-electron chi connectivity index (χ1n) is 8.45. The molecule has 1 aromatic carbocycles. The number of benzene rings is 1. The van der Waals surface area contributed by atoms with Crippen molar-refractivity contribution in [3.05, 3.63) is 29.8 Å². The van der Waals surface area contributed by atoms with Gasteiger partial charge in [0, 0.05) is 37.8 Å². The third kappa shape index (κ3) is 4.34. The molecule has 1 saturated heterocycles. The van der Waals surface area contributed by atoms with E-state index in [9.17, 15) is 8.42 Å². The largest absolute Gasteiger partial charge is 0.351 e. The Bertz CT molecular complexity index is 800. The van der Waals surface area contributed by atoms with Gasteiger partial charge in [-0.3, -0.25) is 5.32 Å². The Morgan fingerprint density at radius 2 is 2.12 bits per heavy atom. The number of nitrogens with one attached hydrogen (secondary N) is 2. The highest BCUT2D eigenvalue weighted by atomic mass is 32.2. The lowest BCUT2D eigenvalue weighted by molar-refractivity contribution is -0.528. The minimum atomic E-state index is -3.22. The van der Waals surface area contributed by atoms with Crippen LogP contribution in [0.4, 0.5) is 0 Å². The minimum Gasteiger partial charge on any atom is -0.351 e. The molecule has 3 rings (SSSR count). The smallest absolute Gasteiger partial charge is 0.243 e. The first kappa shape index (κ1) is 19.5. The lowest BCUT2D eigenvalue weighted by atomic mass is 10.1. The fraction of sp³-hybridized carbons (Fsp3) is 0.529. The predicted molar refractivity (Wildman–Crippen MR) is 105 cm³/mol. The Morgan fingerprint density at radius 3 is 2.69 bits per heavy atom. The van der Waals surface area contributed by atoms with Gasteiger partial charge >= 0.3 is 0 Å². The molecule has 0 spiro atoms. The van der Waals surface area contributed by atoms with E-state index in [1.807, 2.05) is 25.0 Å². The molecule has 9 heteroatoms. The molecular formula is C17H25N4O3S2+. The molecule has 3 atom stereocenters. The van der Waals surface area contributed by atoms with E-state index in [2.05, 4.69) is 20.2 Å². The van der Waals surface area contributed by atoms with E-state index in [-0.39, 0.29) is 6.17 Å². The van der Waals surface area contributed by atoms with E-state index in [1.54, 1.807) is 31.4 Å². The van der Waals surface area contributed by atoms with Crippen LogP contribution in [0.5, 0.6) is 0 Å². The maximum absolute atomic E-state index is 11.7. The Balaban J connectivity index is 1.84. The SMILES string of the molecule is COC1N=CC(NCC2NCCS2)[N+](C)=C1c1ccc(S(C)(=O)=O)cc1. The summed E-state index contributed by atoms with van der Waals surface area (Å²) >= 11 is 1.91. The Kier molecular flexibility index (Phi) is 6.13. The van der Waals surface area contributed by atoms with E-state index < -0.39 is 16.1 Å². The monoisotopic (exact) mass is 397 g/mol. The average Bonchev–Trinajstić information content (AvgIpc) is 3.13. The molecule has 2 aliphatic rings. The van der Waals surface area contributed by atoms with Crippen LogP contribution < -0.4 is 10.6 Å². The molecule has 7 nitrogen and oxygen atoms in total. The van der Waals surface area contributed by atoms with Gasteiger partial charge in [-0.1, -0.05) is 0 Å². The van der Waals surface area contributed by atoms with E-state index in [0.29, 0.717) is 10.3 Å². The van der Waals surface area contributed by atoms with E-state index >= 15 is 0 Å². The molecule has 1 fully saturated rings. The molecule has 0 amide bonds. The van der Waals surface area contributed by atoms with Gasteiger partial charge in [0.25, 0.3) is 0 Å². The molecule has 0 aliphatic carbocycles. The highest BCUT2D eigenvalue weighted by Crippen LogP contribution is 2.17. The number of sulfone groups is 1. The van der Waals surface area contributed by atoms with Crippen LogP contribution in [0, 0.1) is 0 Å². The van der Waals surface area contributed by atoms with E-state index in [0.717, 1.165) is 30.1 Å². The van der Waals surface area contributed by atoms with Crippen molar-refractivity contribution < 1.29 is 17.7 Å². The first-order chi connectivity index (χ1) is 12.4. The Labute approximate surface area is 158 Å². The summed E-state index contributed by atoms with van der Waals surface area (Å²) < 4.78 is 31.0. The van der Waals surface area contributed by atoms with Gasteiger partial charge in [-0.05, 0) is 24.3 Å². The molecule has 0 aromatic heterocycles. The van der Waals surface area contributed by atoms with Crippen molar-refractivity contribution in [1.29, 1.82) is 0 Å². The molecule has 26 heavy (non-hydrogen) atoms. The number of hydrogen-bond acceptors (Lipinski definition) is 7. The van der Waals surface area contributed by atoms with Gasteiger partial charge in [0.15, 0.2) is 9.84 Å². The minimum absolute atomic E-state index is 0.0472. The van der Waals surface area contributed by atoms with Crippen molar-refractivity contribution in [2.45, 2.75) is 22.7 Å². The molecule has 2 heterocycles. The average molecular weight is 398 g/mol. The lowest BCUT2D eigenvalue weighted by Crippen LogP contribution is -2.50. The van der Waals surface area contributed by atoms with Crippen LogP contribution in [0.1, 0.15) is 5.56 Å². The summed E-state index contributed by atoms with van der Waals surface area (Å²) in [5.74, 6) is 1.14. The summed E-state index contributed by atoms with van der Waals surface area (Å²) in [5, 5.41) is 7.37. The van der Waals surface area contributed by atoms with Crippen molar-refractivity contribution in [3.63, 3.8) is 0 Å². The molecule has 0 bridgehead atoms. The number of nitrogens with zero attached hydrogens (tertiary/aromatic N) is 2. The lowest BCUT2D eigenvalue weighted by Gasteiger charge is -2.23. The number of methoxy groups -OCH3 is 1.